The lowest BCUT2D eigenvalue weighted by Gasteiger charge is -2.30. The summed E-state index contributed by atoms with van der Waals surface area (Å²) in [5.41, 5.74) is 0.330. The second kappa shape index (κ2) is 4.00. The molecule has 1 N–H and O–H groups in total. The van der Waals surface area contributed by atoms with Crippen LogP contribution in [0.1, 0.15) is 24.8 Å². The number of benzene rings is 1. The average molecular weight is 233 g/mol. The van der Waals surface area contributed by atoms with Crippen molar-refractivity contribution >= 4 is 0 Å². The summed E-state index contributed by atoms with van der Waals surface area (Å²) in [6.45, 7) is 2.15. The van der Waals surface area contributed by atoms with Gasteiger partial charge in [0, 0.05) is 12.6 Å². The number of hydrogen-bond donors (Lipinski definition) is 1. The first kappa shape index (κ1) is 11.1. The van der Waals surface area contributed by atoms with Gasteiger partial charge in [0.05, 0.1) is 7.11 Å². The molecule has 3 heteroatoms. The summed E-state index contributed by atoms with van der Waals surface area (Å²) in [5, 5.41) is 11.0. The summed E-state index contributed by atoms with van der Waals surface area (Å²) < 4.78 is 5.25. The summed E-state index contributed by atoms with van der Waals surface area (Å²) in [5.74, 6) is 0.826. The summed E-state index contributed by atoms with van der Waals surface area (Å²) in [6.07, 6.45) is 3.15. The Hall–Kier alpha value is -1.06. The molecule has 0 aliphatic carbocycles. The van der Waals surface area contributed by atoms with Crippen molar-refractivity contribution in [3.63, 3.8) is 0 Å². The summed E-state index contributed by atoms with van der Waals surface area (Å²) in [4.78, 5) is 2.42. The van der Waals surface area contributed by atoms with Gasteiger partial charge < -0.3 is 9.84 Å². The van der Waals surface area contributed by atoms with Gasteiger partial charge in [0.15, 0.2) is 0 Å². The number of ether oxygens (including phenoxy) is 1. The second-order valence-corrected chi connectivity index (χ2v) is 5.10. The Kier molecular flexibility index (Phi) is 2.60. The third-order valence-electron chi connectivity index (χ3n) is 4.26. The van der Waals surface area contributed by atoms with E-state index in [2.05, 4.69) is 4.90 Å². The Bertz CT molecular complexity index is 420. The normalized spacial score (nSPS) is 32.7. The lowest BCUT2D eigenvalue weighted by Crippen LogP contribution is -2.38. The van der Waals surface area contributed by atoms with Gasteiger partial charge >= 0.3 is 0 Å². The molecule has 17 heavy (non-hydrogen) atoms. The molecule has 1 aromatic carbocycles. The van der Waals surface area contributed by atoms with Crippen LogP contribution in [0.4, 0.5) is 0 Å². The molecule has 2 saturated heterocycles. The maximum absolute atomic E-state index is 11.0. The van der Waals surface area contributed by atoms with Gasteiger partial charge in [-0.15, -0.1) is 0 Å². The average Bonchev–Trinajstić information content (AvgIpc) is 2.95. The minimum absolute atomic E-state index is 0.301. The number of rotatable bonds is 2. The molecule has 2 heterocycles. The Morgan fingerprint density at radius 3 is 3.12 bits per heavy atom. The molecule has 2 unspecified atom stereocenters. The second-order valence-electron chi connectivity index (χ2n) is 5.10. The molecule has 0 radical (unpaired) electrons. The van der Waals surface area contributed by atoms with Crippen LogP contribution in [0.25, 0.3) is 0 Å². The standard InChI is InChI=1S/C14H19NO2/c1-17-12-5-2-4-11(10-12)14(16)7-9-15-8-3-6-13(14)15/h2,4-5,10,13,16H,3,6-9H2,1H3. The first-order valence-electron chi connectivity index (χ1n) is 6.35. The SMILES string of the molecule is COc1cccc(C2(O)CCN3CCCC32)c1. The minimum atomic E-state index is -0.676. The molecule has 2 atom stereocenters. The van der Waals surface area contributed by atoms with E-state index in [-0.39, 0.29) is 0 Å². The predicted octanol–water partition coefficient (Wildman–Crippen LogP) is 1.75. The van der Waals surface area contributed by atoms with Crippen LogP contribution in [0.5, 0.6) is 5.75 Å². The van der Waals surface area contributed by atoms with Crippen molar-refractivity contribution in [1.29, 1.82) is 0 Å². The zero-order chi connectivity index (χ0) is 11.9. The molecule has 0 amide bonds. The molecule has 92 valence electrons. The Balaban J connectivity index is 1.96. The van der Waals surface area contributed by atoms with Crippen LogP contribution >= 0.6 is 0 Å². The molecular formula is C14H19NO2. The van der Waals surface area contributed by atoms with Gasteiger partial charge in [-0.05, 0) is 43.5 Å². The maximum Gasteiger partial charge on any atom is 0.119 e. The van der Waals surface area contributed by atoms with Crippen LogP contribution in [-0.2, 0) is 5.60 Å². The van der Waals surface area contributed by atoms with Crippen LogP contribution in [0.2, 0.25) is 0 Å². The van der Waals surface area contributed by atoms with E-state index in [1.807, 2.05) is 24.3 Å². The molecule has 0 saturated carbocycles. The summed E-state index contributed by atoms with van der Waals surface area (Å²) in [7, 11) is 1.67. The van der Waals surface area contributed by atoms with E-state index in [4.69, 9.17) is 4.74 Å². The van der Waals surface area contributed by atoms with Gasteiger partial charge in [-0.3, -0.25) is 4.90 Å². The maximum atomic E-state index is 11.0. The van der Waals surface area contributed by atoms with E-state index in [1.54, 1.807) is 7.11 Å². The number of aliphatic hydroxyl groups is 1. The van der Waals surface area contributed by atoms with Crippen molar-refractivity contribution in [2.75, 3.05) is 20.2 Å². The van der Waals surface area contributed by atoms with Crippen molar-refractivity contribution < 1.29 is 9.84 Å². The van der Waals surface area contributed by atoms with Gasteiger partial charge in [-0.2, -0.15) is 0 Å². The first-order valence-corrected chi connectivity index (χ1v) is 6.35. The molecule has 2 aliphatic heterocycles. The lowest BCUT2D eigenvalue weighted by atomic mass is 9.85. The van der Waals surface area contributed by atoms with Crippen molar-refractivity contribution in [3.8, 4) is 5.75 Å². The smallest absolute Gasteiger partial charge is 0.119 e. The van der Waals surface area contributed by atoms with Crippen LogP contribution in [-0.4, -0.2) is 36.2 Å². The highest BCUT2D eigenvalue weighted by molar-refractivity contribution is 5.34. The van der Waals surface area contributed by atoms with Gasteiger partial charge in [0.2, 0.25) is 0 Å². The molecule has 3 rings (SSSR count). The van der Waals surface area contributed by atoms with E-state index in [0.717, 1.165) is 37.2 Å². The van der Waals surface area contributed by atoms with E-state index in [1.165, 1.54) is 6.42 Å². The fourth-order valence-corrected chi connectivity index (χ4v) is 3.34. The van der Waals surface area contributed by atoms with Crippen molar-refractivity contribution in [2.24, 2.45) is 0 Å². The zero-order valence-electron chi connectivity index (χ0n) is 10.2. The summed E-state index contributed by atoms with van der Waals surface area (Å²) >= 11 is 0. The van der Waals surface area contributed by atoms with Crippen LogP contribution in [0.3, 0.4) is 0 Å². The Labute approximate surface area is 102 Å². The molecule has 2 fully saturated rings. The van der Waals surface area contributed by atoms with Crippen molar-refractivity contribution in [3.05, 3.63) is 29.8 Å². The quantitative estimate of drug-likeness (QED) is 0.844. The molecular weight excluding hydrogens is 214 g/mol. The van der Waals surface area contributed by atoms with Gasteiger partial charge in [0.25, 0.3) is 0 Å². The predicted molar refractivity (Wildman–Crippen MR) is 66.1 cm³/mol. The topological polar surface area (TPSA) is 32.7 Å². The first-order chi connectivity index (χ1) is 8.24. The van der Waals surface area contributed by atoms with Crippen LogP contribution < -0.4 is 4.74 Å². The Morgan fingerprint density at radius 1 is 1.41 bits per heavy atom. The lowest BCUT2D eigenvalue weighted by molar-refractivity contribution is 0.00921. The fourth-order valence-electron chi connectivity index (χ4n) is 3.34. The molecule has 0 spiro atoms. The molecule has 0 bridgehead atoms. The fraction of sp³-hybridized carbons (Fsp3) is 0.571. The van der Waals surface area contributed by atoms with Crippen molar-refractivity contribution in [2.45, 2.75) is 30.9 Å². The highest BCUT2D eigenvalue weighted by atomic mass is 16.5. The monoisotopic (exact) mass is 233 g/mol. The van der Waals surface area contributed by atoms with E-state index in [9.17, 15) is 5.11 Å². The third kappa shape index (κ3) is 1.65. The largest absolute Gasteiger partial charge is 0.497 e. The summed E-state index contributed by atoms with van der Waals surface area (Å²) in [6, 6.07) is 8.18. The molecule has 1 aromatic rings. The molecule has 3 nitrogen and oxygen atoms in total. The molecule has 0 aromatic heterocycles. The minimum Gasteiger partial charge on any atom is -0.497 e. The number of nitrogens with zero attached hydrogens (tertiary/aromatic N) is 1. The zero-order valence-corrected chi connectivity index (χ0v) is 10.2. The van der Waals surface area contributed by atoms with Gasteiger partial charge in [-0.25, -0.2) is 0 Å². The van der Waals surface area contributed by atoms with Gasteiger partial charge in [0.1, 0.15) is 11.4 Å². The van der Waals surface area contributed by atoms with E-state index >= 15 is 0 Å². The third-order valence-corrected chi connectivity index (χ3v) is 4.26. The van der Waals surface area contributed by atoms with Gasteiger partial charge in [-0.1, -0.05) is 12.1 Å². The van der Waals surface area contributed by atoms with Crippen molar-refractivity contribution in [1.82, 2.24) is 4.90 Å². The highest BCUT2D eigenvalue weighted by Crippen LogP contribution is 2.43. The van der Waals surface area contributed by atoms with Crippen LogP contribution in [0.15, 0.2) is 24.3 Å². The number of hydrogen-bond acceptors (Lipinski definition) is 3. The van der Waals surface area contributed by atoms with Crippen LogP contribution in [0, 0.1) is 0 Å². The van der Waals surface area contributed by atoms with E-state index in [0.29, 0.717) is 6.04 Å². The van der Waals surface area contributed by atoms with E-state index < -0.39 is 5.60 Å². The number of fused-ring (bicyclic) bond motifs is 1. The highest BCUT2D eigenvalue weighted by Gasteiger charge is 2.48. The molecule has 2 aliphatic rings. The Morgan fingerprint density at radius 2 is 2.29 bits per heavy atom. The number of methoxy groups -OCH3 is 1.